The van der Waals surface area contributed by atoms with Gasteiger partial charge in [-0.1, -0.05) is 36.2 Å². The molecule has 0 bridgehead atoms. The molecule has 0 radical (unpaired) electrons. The number of aryl methyl sites for hydroxylation is 1. The van der Waals surface area contributed by atoms with Crippen LogP contribution in [0.3, 0.4) is 0 Å². The van der Waals surface area contributed by atoms with Gasteiger partial charge in [-0.15, -0.1) is 0 Å². The molecule has 1 aliphatic heterocycles. The molecule has 4 heteroatoms. The molecule has 0 aromatic heterocycles. The lowest BCUT2D eigenvalue weighted by Crippen LogP contribution is -2.14. The van der Waals surface area contributed by atoms with Crippen molar-refractivity contribution in [2.24, 2.45) is 0 Å². The Bertz CT molecular complexity index is 679. The largest absolute Gasteiger partial charge is 0.490 e. The molecule has 0 N–H and O–H groups in total. The SMILES string of the molecule is CC[C@H]1CCCc2cc(F)cc(-c3c(Cl)cccc3Cl)c2O1. The number of benzene rings is 2. The van der Waals surface area contributed by atoms with Crippen LogP contribution in [0.15, 0.2) is 30.3 Å². The molecular formula is C18H17Cl2FO. The predicted octanol–water partition coefficient (Wildman–Crippen LogP) is 6.29. The van der Waals surface area contributed by atoms with Crippen molar-refractivity contribution in [2.75, 3.05) is 0 Å². The molecule has 0 saturated carbocycles. The molecule has 0 fully saturated rings. The van der Waals surface area contributed by atoms with Crippen LogP contribution in [0.1, 0.15) is 31.7 Å². The van der Waals surface area contributed by atoms with Crippen molar-refractivity contribution in [3.05, 3.63) is 51.8 Å². The van der Waals surface area contributed by atoms with Gasteiger partial charge in [-0.05, 0) is 55.5 Å². The Labute approximate surface area is 140 Å². The van der Waals surface area contributed by atoms with E-state index in [1.165, 1.54) is 6.07 Å². The smallest absolute Gasteiger partial charge is 0.131 e. The molecule has 0 saturated heterocycles. The molecule has 0 spiro atoms. The second kappa shape index (κ2) is 6.47. The van der Waals surface area contributed by atoms with Crippen molar-refractivity contribution < 1.29 is 9.13 Å². The average molecular weight is 339 g/mol. The number of hydrogen-bond acceptors (Lipinski definition) is 1. The summed E-state index contributed by atoms with van der Waals surface area (Å²) in [5, 5.41) is 1.00. The highest BCUT2D eigenvalue weighted by atomic mass is 35.5. The maximum atomic E-state index is 14.1. The van der Waals surface area contributed by atoms with Crippen LogP contribution in [0.25, 0.3) is 11.1 Å². The van der Waals surface area contributed by atoms with E-state index in [-0.39, 0.29) is 11.9 Å². The van der Waals surface area contributed by atoms with Crippen LogP contribution < -0.4 is 4.74 Å². The summed E-state index contributed by atoms with van der Waals surface area (Å²) < 4.78 is 20.2. The molecule has 0 aliphatic carbocycles. The summed E-state index contributed by atoms with van der Waals surface area (Å²) in [4.78, 5) is 0. The van der Waals surface area contributed by atoms with E-state index in [1.807, 2.05) is 0 Å². The second-order valence-corrected chi connectivity index (χ2v) is 6.39. The Morgan fingerprint density at radius 1 is 1.23 bits per heavy atom. The highest BCUT2D eigenvalue weighted by Gasteiger charge is 2.23. The molecule has 1 nitrogen and oxygen atoms in total. The lowest BCUT2D eigenvalue weighted by atomic mass is 9.98. The normalized spacial score (nSPS) is 17.5. The Kier molecular flexibility index (Phi) is 4.60. The summed E-state index contributed by atoms with van der Waals surface area (Å²) >= 11 is 12.6. The Balaban J connectivity index is 2.22. The standard InChI is InChI=1S/C18H17Cl2FO/c1-2-13-6-3-5-11-9-12(21)10-14(18(11)22-13)17-15(19)7-4-8-16(17)20/h4,7-10,13H,2-3,5-6H2,1H3/t13-/m0/s1. The fraction of sp³-hybridized carbons (Fsp3) is 0.333. The lowest BCUT2D eigenvalue weighted by molar-refractivity contribution is 0.192. The van der Waals surface area contributed by atoms with Gasteiger partial charge in [0.25, 0.3) is 0 Å². The zero-order chi connectivity index (χ0) is 15.7. The molecule has 3 rings (SSSR count). The molecule has 0 unspecified atom stereocenters. The molecule has 0 amide bonds. The van der Waals surface area contributed by atoms with Gasteiger partial charge in [0.05, 0.1) is 16.1 Å². The maximum absolute atomic E-state index is 14.1. The van der Waals surface area contributed by atoms with Gasteiger partial charge in [0.1, 0.15) is 11.6 Å². The maximum Gasteiger partial charge on any atom is 0.131 e. The summed E-state index contributed by atoms with van der Waals surface area (Å²) in [6, 6.07) is 8.32. The first kappa shape index (κ1) is 15.6. The van der Waals surface area contributed by atoms with E-state index in [1.54, 1.807) is 24.3 Å². The molecule has 1 aliphatic rings. The number of rotatable bonds is 2. The van der Waals surface area contributed by atoms with Crippen LogP contribution in [0, 0.1) is 5.82 Å². The fourth-order valence-electron chi connectivity index (χ4n) is 2.95. The van der Waals surface area contributed by atoms with E-state index in [0.717, 1.165) is 37.0 Å². The lowest BCUT2D eigenvalue weighted by Gasteiger charge is -2.20. The van der Waals surface area contributed by atoms with E-state index < -0.39 is 0 Å². The first-order chi connectivity index (χ1) is 10.6. The zero-order valence-corrected chi connectivity index (χ0v) is 13.8. The summed E-state index contributed by atoms with van der Waals surface area (Å²) in [5.41, 5.74) is 2.17. The highest BCUT2D eigenvalue weighted by Crippen LogP contribution is 2.43. The van der Waals surface area contributed by atoms with Crippen LogP contribution >= 0.6 is 23.2 Å². The highest BCUT2D eigenvalue weighted by molar-refractivity contribution is 6.39. The van der Waals surface area contributed by atoms with Crippen LogP contribution in [0.2, 0.25) is 10.0 Å². The third-order valence-electron chi connectivity index (χ3n) is 4.07. The van der Waals surface area contributed by atoms with E-state index in [4.69, 9.17) is 27.9 Å². The van der Waals surface area contributed by atoms with Crippen molar-refractivity contribution >= 4 is 23.2 Å². The molecule has 116 valence electrons. The molecular weight excluding hydrogens is 322 g/mol. The first-order valence-electron chi connectivity index (χ1n) is 7.53. The minimum absolute atomic E-state index is 0.145. The Morgan fingerprint density at radius 2 is 1.95 bits per heavy atom. The van der Waals surface area contributed by atoms with Gasteiger partial charge < -0.3 is 4.74 Å². The summed E-state index contributed by atoms with van der Waals surface area (Å²) in [5.74, 6) is 0.434. The van der Waals surface area contributed by atoms with Crippen LogP contribution in [0.4, 0.5) is 4.39 Å². The van der Waals surface area contributed by atoms with Crippen molar-refractivity contribution in [3.63, 3.8) is 0 Å². The van der Waals surface area contributed by atoms with Crippen LogP contribution in [-0.2, 0) is 6.42 Å². The third kappa shape index (κ3) is 2.95. The minimum Gasteiger partial charge on any atom is -0.490 e. The zero-order valence-electron chi connectivity index (χ0n) is 12.3. The topological polar surface area (TPSA) is 9.23 Å². The van der Waals surface area contributed by atoms with E-state index in [0.29, 0.717) is 21.2 Å². The molecule has 2 aromatic rings. The van der Waals surface area contributed by atoms with Crippen molar-refractivity contribution in [1.29, 1.82) is 0 Å². The fourth-order valence-corrected chi connectivity index (χ4v) is 3.55. The van der Waals surface area contributed by atoms with E-state index in [2.05, 4.69) is 6.92 Å². The quantitative estimate of drug-likeness (QED) is 0.624. The van der Waals surface area contributed by atoms with Crippen molar-refractivity contribution in [3.8, 4) is 16.9 Å². The number of hydrogen-bond donors (Lipinski definition) is 0. The molecule has 22 heavy (non-hydrogen) atoms. The van der Waals surface area contributed by atoms with E-state index in [9.17, 15) is 4.39 Å². The molecule has 2 aromatic carbocycles. The molecule has 1 atom stereocenters. The number of ether oxygens (including phenoxy) is 1. The summed E-state index contributed by atoms with van der Waals surface area (Å²) in [6.45, 7) is 2.10. The minimum atomic E-state index is -0.289. The number of halogens is 3. The van der Waals surface area contributed by atoms with Crippen LogP contribution in [0.5, 0.6) is 5.75 Å². The van der Waals surface area contributed by atoms with Crippen LogP contribution in [-0.4, -0.2) is 6.10 Å². The predicted molar refractivity (Wildman–Crippen MR) is 89.5 cm³/mol. The third-order valence-corrected chi connectivity index (χ3v) is 4.70. The summed E-state index contributed by atoms with van der Waals surface area (Å²) in [6.07, 6.45) is 3.84. The molecule has 1 heterocycles. The van der Waals surface area contributed by atoms with E-state index >= 15 is 0 Å². The van der Waals surface area contributed by atoms with Gasteiger partial charge in [-0.25, -0.2) is 4.39 Å². The Hall–Kier alpha value is -1.25. The second-order valence-electron chi connectivity index (χ2n) is 5.58. The van der Waals surface area contributed by atoms with Gasteiger partial charge in [0, 0.05) is 11.1 Å². The van der Waals surface area contributed by atoms with Gasteiger partial charge in [-0.2, -0.15) is 0 Å². The van der Waals surface area contributed by atoms with Gasteiger partial charge in [0.2, 0.25) is 0 Å². The Morgan fingerprint density at radius 3 is 2.64 bits per heavy atom. The monoisotopic (exact) mass is 338 g/mol. The first-order valence-corrected chi connectivity index (χ1v) is 8.29. The van der Waals surface area contributed by atoms with Gasteiger partial charge >= 0.3 is 0 Å². The van der Waals surface area contributed by atoms with Gasteiger partial charge in [0.15, 0.2) is 0 Å². The average Bonchev–Trinajstić information content (AvgIpc) is 2.68. The number of fused-ring (bicyclic) bond motifs is 1. The summed E-state index contributed by atoms with van der Waals surface area (Å²) in [7, 11) is 0. The van der Waals surface area contributed by atoms with Crippen molar-refractivity contribution in [1.82, 2.24) is 0 Å². The van der Waals surface area contributed by atoms with Crippen molar-refractivity contribution in [2.45, 2.75) is 38.7 Å². The van der Waals surface area contributed by atoms with Gasteiger partial charge in [-0.3, -0.25) is 0 Å².